The van der Waals surface area contributed by atoms with Crippen LogP contribution in [0.4, 0.5) is 0 Å². The molecule has 0 saturated carbocycles. The van der Waals surface area contributed by atoms with E-state index in [1.54, 1.807) is 0 Å². The van der Waals surface area contributed by atoms with Gasteiger partial charge in [-0.05, 0) is 12.8 Å². The summed E-state index contributed by atoms with van der Waals surface area (Å²) in [4.78, 5) is 10.6. The number of hydrogen-bond acceptors (Lipinski definition) is 3. The van der Waals surface area contributed by atoms with Crippen LogP contribution in [0.5, 0.6) is 0 Å². The monoisotopic (exact) mass is 308 g/mol. The Morgan fingerprint density at radius 3 is 1.77 bits per heavy atom. The zero-order valence-corrected chi connectivity index (χ0v) is 13.8. The van der Waals surface area contributed by atoms with Crippen molar-refractivity contribution in [2.75, 3.05) is 13.2 Å². The molecule has 0 rings (SSSR count). The second-order valence-corrected chi connectivity index (χ2v) is 4.81. The number of hydrogen-bond donors (Lipinski definition) is 1. The first-order valence-electron chi connectivity index (χ1n) is 8.07. The largest absolute Gasteiger partial charge is 0.481 e. The average Bonchev–Trinajstić information content (AvgIpc) is 2.50. The SMILES string of the molecule is CCCC#CCCOC(CCC(=O)O)OCCC#CCCC. The topological polar surface area (TPSA) is 55.8 Å². The molecule has 0 spiro atoms. The van der Waals surface area contributed by atoms with Crippen molar-refractivity contribution in [3.05, 3.63) is 0 Å². The maximum absolute atomic E-state index is 10.6. The predicted octanol–water partition coefficient (Wildman–Crippen LogP) is 3.60. The summed E-state index contributed by atoms with van der Waals surface area (Å²) in [5.41, 5.74) is 0. The van der Waals surface area contributed by atoms with Gasteiger partial charge < -0.3 is 14.6 Å². The second-order valence-electron chi connectivity index (χ2n) is 4.81. The molecule has 0 aliphatic rings. The molecule has 0 fully saturated rings. The van der Waals surface area contributed by atoms with Gasteiger partial charge in [0.25, 0.3) is 0 Å². The highest BCUT2D eigenvalue weighted by Gasteiger charge is 2.11. The lowest BCUT2D eigenvalue weighted by Gasteiger charge is -2.16. The van der Waals surface area contributed by atoms with Crippen LogP contribution in [0.25, 0.3) is 0 Å². The number of carboxylic acids is 1. The second kappa shape index (κ2) is 15.9. The van der Waals surface area contributed by atoms with Gasteiger partial charge in [0.2, 0.25) is 0 Å². The van der Waals surface area contributed by atoms with Gasteiger partial charge in [-0.3, -0.25) is 4.79 Å². The van der Waals surface area contributed by atoms with E-state index in [0.29, 0.717) is 32.5 Å². The quantitative estimate of drug-likeness (QED) is 0.360. The van der Waals surface area contributed by atoms with E-state index < -0.39 is 12.3 Å². The van der Waals surface area contributed by atoms with E-state index in [1.807, 2.05) is 0 Å². The fourth-order valence-electron chi connectivity index (χ4n) is 1.54. The smallest absolute Gasteiger partial charge is 0.303 e. The Morgan fingerprint density at radius 2 is 1.36 bits per heavy atom. The molecule has 22 heavy (non-hydrogen) atoms. The maximum Gasteiger partial charge on any atom is 0.303 e. The third-order valence-electron chi connectivity index (χ3n) is 2.66. The normalized spacial score (nSPS) is 9.77. The molecular formula is C18H28O4. The van der Waals surface area contributed by atoms with E-state index >= 15 is 0 Å². The fraction of sp³-hybridized carbons (Fsp3) is 0.722. The first-order chi connectivity index (χ1) is 10.7. The van der Waals surface area contributed by atoms with Crippen molar-refractivity contribution in [1.29, 1.82) is 0 Å². The molecule has 0 aliphatic carbocycles. The van der Waals surface area contributed by atoms with Gasteiger partial charge in [-0.2, -0.15) is 0 Å². The van der Waals surface area contributed by atoms with E-state index in [1.165, 1.54) is 0 Å². The third kappa shape index (κ3) is 14.9. The maximum atomic E-state index is 10.6. The number of unbranched alkanes of at least 4 members (excludes halogenated alkanes) is 2. The van der Waals surface area contributed by atoms with Crippen LogP contribution in [0.15, 0.2) is 0 Å². The zero-order chi connectivity index (χ0) is 16.5. The van der Waals surface area contributed by atoms with Crippen molar-refractivity contribution >= 4 is 5.97 Å². The number of aliphatic carboxylic acids is 1. The number of rotatable bonds is 11. The third-order valence-corrected chi connectivity index (χ3v) is 2.66. The van der Waals surface area contributed by atoms with Gasteiger partial charge in [0, 0.05) is 32.1 Å². The van der Waals surface area contributed by atoms with E-state index in [0.717, 1.165) is 25.7 Å². The lowest BCUT2D eigenvalue weighted by molar-refractivity contribution is -0.154. The highest BCUT2D eigenvalue weighted by atomic mass is 16.7. The standard InChI is InChI=1S/C18H28O4/c1-3-5-7-9-11-15-21-18(14-13-17(19)20)22-16-12-10-8-6-4-2/h18H,3-6,11-16H2,1-2H3,(H,19,20). The Labute approximate surface area is 134 Å². The molecule has 4 heteroatoms. The van der Waals surface area contributed by atoms with E-state index in [9.17, 15) is 4.79 Å². The molecule has 0 aromatic rings. The Bertz CT molecular complexity index is 365. The van der Waals surface area contributed by atoms with Crippen LogP contribution in [-0.4, -0.2) is 30.6 Å². The van der Waals surface area contributed by atoms with Crippen molar-refractivity contribution in [3.8, 4) is 23.7 Å². The van der Waals surface area contributed by atoms with Crippen LogP contribution in [0.2, 0.25) is 0 Å². The summed E-state index contributed by atoms with van der Waals surface area (Å²) in [7, 11) is 0. The van der Waals surface area contributed by atoms with Crippen LogP contribution in [0, 0.1) is 23.7 Å². The number of carbonyl (C=O) groups is 1. The van der Waals surface area contributed by atoms with Gasteiger partial charge in [0.1, 0.15) is 0 Å². The molecule has 0 heterocycles. The summed E-state index contributed by atoms with van der Waals surface area (Å²) in [6.45, 7) is 5.10. The molecular weight excluding hydrogens is 280 g/mol. The highest BCUT2D eigenvalue weighted by molar-refractivity contribution is 5.66. The van der Waals surface area contributed by atoms with Gasteiger partial charge in [-0.1, -0.05) is 13.8 Å². The minimum absolute atomic E-state index is 0.0354. The molecule has 4 nitrogen and oxygen atoms in total. The van der Waals surface area contributed by atoms with Crippen molar-refractivity contribution in [2.45, 2.75) is 71.5 Å². The molecule has 0 radical (unpaired) electrons. The van der Waals surface area contributed by atoms with E-state index in [2.05, 4.69) is 37.5 Å². The summed E-state index contributed by atoms with van der Waals surface area (Å²) < 4.78 is 11.1. The van der Waals surface area contributed by atoms with Gasteiger partial charge in [0.05, 0.1) is 19.6 Å². The lowest BCUT2D eigenvalue weighted by atomic mass is 10.3. The van der Waals surface area contributed by atoms with Crippen molar-refractivity contribution < 1.29 is 19.4 Å². The summed E-state index contributed by atoms with van der Waals surface area (Å²) in [5, 5.41) is 8.74. The molecule has 0 aromatic carbocycles. The molecule has 0 aromatic heterocycles. The van der Waals surface area contributed by atoms with Gasteiger partial charge in [-0.25, -0.2) is 0 Å². The van der Waals surface area contributed by atoms with Crippen LogP contribution < -0.4 is 0 Å². The summed E-state index contributed by atoms with van der Waals surface area (Å²) in [6, 6.07) is 0. The first-order valence-corrected chi connectivity index (χ1v) is 8.07. The predicted molar refractivity (Wildman–Crippen MR) is 87.2 cm³/mol. The first kappa shape index (κ1) is 20.5. The van der Waals surface area contributed by atoms with Gasteiger partial charge in [0.15, 0.2) is 6.29 Å². The van der Waals surface area contributed by atoms with Crippen LogP contribution in [0.1, 0.15) is 65.2 Å². The van der Waals surface area contributed by atoms with Gasteiger partial charge in [-0.15, -0.1) is 23.7 Å². The Balaban J connectivity index is 3.97. The molecule has 1 N–H and O–H groups in total. The molecule has 124 valence electrons. The summed E-state index contributed by atoms with van der Waals surface area (Å²) in [5.74, 6) is 11.3. The van der Waals surface area contributed by atoms with E-state index in [-0.39, 0.29) is 6.42 Å². The lowest BCUT2D eigenvalue weighted by Crippen LogP contribution is -2.20. The summed E-state index contributed by atoms with van der Waals surface area (Å²) >= 11 is 0. The minimum atomic E-state index is -0.845. The van der Waals surface area contributed by atoms with Crippen LogP contribution in [-0.2, 0) is 14.3 Å². The fourth-order valence-corrected chi connectivity index (χ4v) is 1.54. The molecule has 0 unspecified atom stereocenters. The zero-order valence-electron chi connectivity index (χ0n) is 13.8. The number of carboxylic acid groups (broad SMARTS) is 1. The van der Waals surface area contributed by atoms with E-state index in [4.69, 9.17) is 14.6 Å². The molecule has 0 aliphatic heterocycles. The van der Waals surface area contributed by atoms with Crippen molar-refractivity contribution in [3.63, 3.8) is 0 Å². The molecule has 0 amide bonds. The Morgan fingerprint density at radius 1 is 0.909 bits per heavy atom. The Hall–Kier alpha value is -1.49. The van der Waals surface area contributed by atoms with Gasteiger partial charge >= 0.3 is 5.97 Å². The molecule has 0 saturated heterocycles. The molecule has 0 atom stereocenters. The summed E-state index contributed by atoms with van der Waals surface area (Å²) in [6.07, 6.45) is 5.08. The average molecular weight is 308 g/mol. The van der Waals surface area contributed by atoms with Crippen LogP contribution in [0.3, 0.4) is 0 Å². The molecule has 0 bridgehead atoms. The minimum Gasteiger partial charge on any atom is -0.481 e. The van der Waals surface area contributed by atoms with Crippen LogP contribution >= 0.6 is 0 Å². The van der Waals surface area contributed by atoms with Crippen molar-refractivity contribution in [2.24, 2.45) is 0 Å². The highest BCUT2D eigenvalue weighted by Crippen LogP contribution is 2.06. The Kier molecular flexibility index (Phi) is 14.8. The van der Waals surface area contributed by atoms with Crippen molar-refractivity contribution in [1.82, 2.24) is 0 Å². The number of ether oxygens (including phenoxy) is 2.